The van der Waals surface area contributed by atoms with Crippen LogP contribution in [0.5, 0.6) is 11.5 Å². The molecule has 0 aliphatic rings. The van der Waals surface area contributed by atoms with Crippen molar-refractivity contribution in [1.29, 1.82) is 0 Å². The van der Waals surface area contributed by atoms with Gasteiger partial charge in [-0.1, -0.05) is 0 Å². The molecular formula is C17H15F4N3O3S. The van der Waals surface area contributed by atoms with Gasteiger partial charge in [-0.05, 0) is 25.1 Å². The molecule has 6 nitrogen and oxygen atoms in total. The molecule has 0 saturated carbocycles. The number of alkyl halides is 4. The molecule has 150 valence electrons. The molecule has 3 aromatic rings. The number of pyridine rings is 1. The molecule has 2 heterocycles. The van der Waals surface area contributed by atoms with Crippen molar-refractivity contribution in [2.45, 2.75) is 29.9 Å². The molecule has 0 amide bonds. The smallest absolute Gasteiger partial charge is 0.461 e. The second kappa shape index (κ2) is 7.84. The molecule has 0 fully saturated rings. The maximum absolute atomic E-state index is 13.1. The van der Waals surface area contributed by atoms with E-state index in [9.17, 15) is 22.1 Å². The highest BCUT2D eigenvalue weighted by Crippen LogP contribution is 2.31. The van der Waals surface area contributed by atoms with Crippen molar-refractivity contribution in [2.24, 2.45) is 0 Å². The molecule has 2 atom stereocenters. The summed E-state index contributed by atoms with van der Waals surface area (Å²) in [6.07, 6.45) is -7.07. The first kappa shape index (κ1) is 20.2. The average Bonchev–Trinajstić information content (AvgIpc) is 3.09. The summed E-state index contributed by atoms with van der Waals surface area (Å²) in [7, 11) is 1.50. The van der Waals surface area contributed by atoms with Crippen LogP contribution in [0.25, 0.3) is 11.0 Å². The van der Waals surface area contributed by atoms with Gasteiger partial charge in [-0.15, -0.1) is 0 Å². The number of H-pyrrole nitrogens is 1. The Kier molecular flexibility index (Phi) is 5.66. The van der Waals surface area contributed by atoms with Crippen LogP contribution in [0.1, 0.15) is 17.9 Å². The first-order valence-corrected chi connectivity index (χ1v) is 9.18. The Morgan fingerprint density at radius 3 is 2.61 bits per heavy atom. The molecule has 0 aliphatic heterocycles. The number of benzene rings is 1. The van der Waals surface area contributed by atoms with Gasteiger partial charge in [0.15, 0.2) is 5.25 Å². The number of aromatic amines is 1. The van der Waals surface area contributed by atoms with Crippen LogP contribution in [-0.2, 0) is 11.2 Å². The fraction of sp³-hybridized carbons (Fsp3) is 0.294. The minimum atomic E-state index is -4.62. The fourth-order valence-electron chi connectivity index (χ4n) is 2.38. The molecule has 1 aromatic carbocycles. The number of halogens is 4. The van der Waals surface area contributed by atoms with E-state index in [1.54, 1.807) is 19.1 Å². The van der Waals surface area contributed by atoms with Gasteiger partial charge < -0.3 is 14.0 Å². The van der Waals surface area contributed by atoms with E-state index in [0.717, 1.165) is 12.1 Å². The lowest BCUT2D eigenvalue weighted by Gasteiger charge is -2.16. The van der Waals surface area contributed by atoms with E-state index in [1.165, 1.54) is 19.4 Å². The second-order valence-corrected chi connectivity index (χ2v) is 7.43. The molecule has 0 saturated heterocycles. The number of fused-ring (bicyclic) bond motifs is 1. The van der Waals surface area contributed by atoms with Gasteiger partial charge in [-0.25, -0.2) is 0 Å². The molecule has 0 aliphatic carbocycles. The maximum Gasteiger partial charge on any atom is 0.461 e. The second-order valence-electron chi connectivity index (χ2n) is 5.75. The zero-order valence-electron chi connectivity index (χ0n) is 14.7. The molecular weight excluding hydrogens is 402 g/mol. The highest BCUT2D eigenvalue weighted by Gasteiger charge is 2.44. The molecule has 1 N–H and O–H groups in total. The van der Waals surface area contributed by atoms with Gasteiger partial charge in [0.25, 0.3) is 0 Å². The van der Waals surface area contributed by atoms with Crippen molar-refractivity contribution in [3.8, 4) is 11.5 Å². The summed E-state index contributed by atoms with van der Waals surface area (Å²) in [5.41, 5.74) is 1.05. The lowest BCUT2D eigenvalue weighted by molar-refractivity contribution is -0.253. The molecule has 11 heteroatoms. The molecule has 3 rings (SSSR count). The first-order valence-electron chi connectivity index (χ1n) is 7.96. The van der Waals surface area contributed by atoms with Crippen molar-refractivity contribution in [3.05, 3.63) is 42.2 Å². The largest absolute Gasteiger partial charge is 0.608 e. The fourth-order valence-corrected chi connectivity index (χ4v) is 3.46. The van der Waals surface area contributed by atoms with Crippen molar-refractivity contribution < 1.29 is 31.6 Å². The first-order chi connectivity index (χ1) is 13.2. The lowest BCUT2D eigenvalue weighted by atomic mass is 10.3. The third-order valence-corrected chi connectivity index (χ3v) is 5.32. The van der Waals surface area contributed by atoms with Crippen LogP contribution in [0.2, 0.25) is 0 Å². The third kappa shape index (κ3) is 4.14. The highest BCUT2D eigenvalue weighted by atomic mass is 32.2. The van der Waals surface area contributed by atoms with Crippen LogP contribution >= 0.6 is 0 Å². The van der Waals surface area contributed by atoms with E-state index in [1.807, 2.05) is 0 Å². The van der Waals surface area contributed by atoms with Gasteiger partial charge in [0.2, 0.25) is 0 Å². The number of rotatable bonds is 7. The predicted octanol–water partition coefficient (Wildman–Crippen LogP) is 4.07. The number of aromatic nitrogens is 3. The minimum Gasteiger partial charge on any atom is -0.608 e. The van der Waals surface area contributed by atoms with E-state index in [4.69, 9.17) is 4.74 Å². The summed E-state index contributed by atoms with van der Waals surface area (Å²) in [5.74, 6) is 0.0735. The highest BCUT2D eigenvalue weighted by molar-refractivity contribution is 7.91. The maximum atomic E-state index is 13.1. The van der Waals surface area contributed by atoms with Crippen LogP contribution < -0.4 is 9.47 Å². The van der Waals surface area contributed by atoms with E-state index in [-0.39, 0.29) is 10.7 Å². The Labute approximate surface area is 160 Å². The van der Waals surface area contributed by atoms with Gasteiger partial charge in [-0.2, -0.15) is 22.5 Å². The average molecular weight is 417 g/mol. The molecule has 0 spiro atoms. The Bertz CT molecular complexity index is 970. The van der Waals surface area contributed by atoms with Gasteiger partial charge in [-0.3, -0.25) is 9.97 Å². The SMILES string of the molecule is COc1ccnc(C(C)[S+]([O-])c2nc3cc(OC(F)(F)C(F)F)ccc3[nH]2)c1. The molecule has 2 aromatic heterocycles. The number of nitrogens with zero attached hydrogens (tertiary/aromatic N) is 2. The number of methoxy groups -OCH3 is 1. The summed E-state index contributed by atoms with van der Waals surface area (Å²) in [4.78, 5) is 11.1. The Balaban J connectivity index is 1.85. The van der Waals surface area contributed by atoms with Crippen LogP contribution in [0.3, 0.4) is 0 Å². The van der Waals surface area contributed by atoms with Crippen LogP contribution in [0.15, 0.2) is 41.7 Å². The number of ether oxygens (including phenoxy) is 2. The topological polar surface area (TPSA) is 83.1 Å². The van der Waals surface area contributed by atoms with Crippen molar-refractivity contribution in [3.63, 3.8) is 0 Å². The van der Waals surface area contributed by atoms with Gasteiger partial charge in [0.05, 0.1) is 23.8 Å². The summed E-state index contributed by atoms with van der Waals surface area (Å²) < 4.78 is 72.6. The van der Waals surface area contributed by atoms with Gasteiger partial charge in [0, 0.05) is 29.5 Å². The Morgan fingerprint density at radius 1 is 1.18 bits per heavy atom. The number of imidazole rings is 1. The van der Waals surface area contributed by atoms with Gasteiger partial charge in [0.1, 0.15) is 11.5 Å². The molecule has 0 radical (unpaired) electrons. The summed E-state index contributed by atoms with van der Waals surface area (Å²) in [5, 5.41) is -0.459. The zero-order chi connectivity index (χ0) is 20.5. The Hall–Kier alpha value is -2.53. The van der Waals surface area contributed by atoms with Gasteiger partial charge >= 0.3 is 17.7 Å². The summed E-state index contributed by atoms with van der Waals surface area (Å²) in [6, 6.07) is 6.78. The summed E-state index contributed by atoms with van der Waals surface area (Å²) in [6.45, 7) is 1.68. The lowest BCUT2D eigenvalue weighted by Crippen LogP contribution is -2.33. The summed E-state index contributed by atoms with van der Waals surface area (Å²) >= 11 is -1.65. The molecule has 28 heavy (non-hydrogen) atoms. The van der Waals surface area contributed by atoms with Crippen molar-refractivity contribution in [1.82, 2.24) is 15.0 Å². The van der Waals surface area contributed by atoms with Crippen LogP contribution in [-0.4, -0.2) is 39.1 Å². The van der Waals surface area contributed by atoms with E-state index < -0.39 is 34.7 Å². The predicted molar refractivity (Wildman–Crippen MR) is 93.3 cm³/mol. The third-order valence-electron chi connectivity index (χ3n) is 3.86. The minimum absolute atomic E-state index is 0.0879. The monoisotopic (exact) mass is 417 g/mol. The van der Waals surface area contributed by atoms with E-state index >= 15 is 0 Å². The number of hydrogen-bond acceptors (Lipinski definition) is 5. The van der Waals surface area contributed by atoms with Crippen LogP contribution in [0, 0.1) is 0 Å². The molecule has 2 unspecified atom stereocenters. The van der Waals surface area contributed by atoms with Crippen molar-refractivity contribution >= 4 is 22.2 Å². The molecule has 0 bridgehead atoms. The standard InChI is InChI=1S/C17H15F4N3O3S/c1-9(13-7-10(26-2)5-6-22-13)28(25)16-23-12-4-3-11(8-14(12)24-16)27-17(20,21)15(18)19/h3-9,15H,1-2H3,(H,23,24). The van der Waals surface area contributed by atoms with E-state index in [2.05, 4.69) is 19.7 Å². The van der Waals surface area contributed by atoms with Crippen LogP contribution in [0.4, 0.5) is 17.6 Å². The number of hydrogen-bond donors (Lipinski definition) is 1. The zero-order valence-corrected chi connectivity index (χ0v) is 15.5. The normalized spacial score (nSPS) is 14.3. The number of nitrogens with one attached hydrogen (secondary N) is 1. The Morgan fingerprint density at radius 2 is 1.93 bits per heavy atom. The van der Waals surface area contributed by atoms with E-state index in [0.29, 0.717) is 17.0 Å². The quantitative estimate of drug-likeness (QED) is 0.463. The van der Waals surface area contributed by atoms with Crippen molar-refractivity contribution in [2.75, 3.05) is 7.11 Å².